The number of carbonyl (C=O) groups is 1. The van der Waals surface area contributed by atoms with Crippen molar-refractivity contribution in [1.82, 2.24) is 0 Å². The topological polar surface area (TPSA) is 35.5 Å². The summed E-state index contributed by atoms with van der Waals surface area (Å²) in [6.07, 6.45) is 0.505. The highest BCUT2D eigenvalue weighted by Crippen LogP contribution is 2.39. The summed E-state index contributed by atoms with van der Waals surface area (Å²) in [6.45, 7) is 3.36. The summed E-state index contributed by atoms with van der Waals surface area (Å²) in [7, 11) is 0. The first-order chi connectivity index (χ1) is 10.6. The van der Waals surface area contributed by atoms with E-state index in [9.17, 15) is 9.18 Å². The molecule has 22 heavy (non-hydrogen) atoms. The van der Waals surface area contributed by atoms with E-state index >= 15 is 0 Å². The molecule has 4 heteroatoms. The second-order valence-corrected chi connectivity index (χ2v) is 5.54. The predicted octanol–water partition coefficient (Wildman–Crippen LogP) is 4.19. The molecular formula is C18H17FO3. The largest absolute Gasteiger partial charge is 0.465 e. The molecule has 3 nitrogen and oxygen atoms in total. The van der Waals surface area contributed by atoms with Crippen LogP contribution in [0.4, 0.5) is 4.39 Å². The molecule has 3 rings (SSSR count). The van der Waals surface area contributed by atoms with Crippen molar-refractivity contribution in [2.75, 3.05) is 6.61 Å². The lowest BCUT2D eigenvalue weighted by Crippen LogP contribution is -2.12. The van der Waals surface area contributed by atoms with Crippen LogP contribution < -0.4 is 4.74 Å². The lowest BCUT2D eigenvalue weighted by Gasteiger charge is -2.23. The normalized spacial score (nSPS) is 13.6. The van der Waals surface area contributed by atoms with Crippen molar-refractivity contribution < 1.29 is 18.7 Å². The van der Waals surface area contributed by atoms with Crippen molar-refractivity contribution >= 4 is 5.97 Å². The Morgan fingerprint density at radius 3 is 2.82 bits per heavy atom. The third-order valence-corrected chi connectivity index (χ3v) is 3.86. The first-order valence-electron chi connectivity index (χ1n) is 7.26. The van der Waals surface area contributed by atoms with Crippen LogP contribution >= 0.6 is 0 Å². The van der Waals surface area contributed by atoms with E-state index in [1.165, 1.54) is 6.92 Å². The molecule has 0 amide bonds. The third-order valence-electron chi connectivity index (χ3n) is 3.86. The summed E-state index contributed by atoms with van der Waals surface area (Å²) >= 11 is 0. The van der Waals surface area contributed by atoms with Crippen LogP contribution in [-0.2, 0) is 16.0 Å². The van der Waals surface area contributed by atoms with Gasteiger partial charge in [-0.3, -0.25) is 4.79 Å². The fourth-order valence-corrected chi connectivity index (χ4v) is 2.65. The van der Waals surface area contributed by atoms with Crippen molar-refractivity contribution in [2.24, 2.45) is 0 Å². The first-order valence-corrected chi connectivity index (χ1v) is 7.26. The standard InChI is InChI=1S/C18H17FO3/c1-11(10-21-12(2)20)14-7-8-17-15(18(14)19)9-13-5-3-4-6-16(13)22-17/h3-8,11H,9-10H2,1-2H3. The van der Waals surface area contributed by atoms with E-state index in [-0.39, 0.29) is 24.3 Å². The van der Waals surface area contributed by atoms with Gasteiger partial charge in [0.25, 0.3) is 0 Å². The Labute approximate surface area is 128 Å². The highest BCUT2D eigenvalue weighted by Gasteiger charge is 2.24. The molecule has 0 fully saturated rings. The van der Waals surface area contributed by atoms with Gasteiger partial charge in [-0.25, -0.2) is 4.39 Å². The molecule has 0 bridgehead atoms. The van der Waals surface area contributed by atoms with Crippen LogP contribution in [-0.4, -0.2) is 12.6 Å². The Bertz CT molecular complexity index is 724. The van der Waals surface area contributed by atoms with Crippen LogP contribution in [0.5, 0.6) is 11.5 Å². The van der Waals surface area contributed by atoms with Gasteiger partial charge in [-0.05, 0) is 23.3 Å². The first kappa shape index (κ1) is 14.6. The van der Waals surface area contributed by atoms with Crippen molar-refractivity contribution in [3.05, 3.63) is 58.9 Å². The van der Waals surface area contributed by atoms with E-state index in [4.69, 9.17) is 9.47 Å². The van der Waals surface area contributed by atoms with Gasteiger partial charge in [0.15, 0.2) is 0 Å². The van der Waals surface area contributed by atoms with E-state index in [0.717, 1.165) is 11.3 Å². The molecule has 0 saturated carbocycles. The minimum absolute atomic E-state index is 0.169. The summed E-state index contributed by atoms with van der Waals surface area (Å²) in [5, 5.41) is 0. The van der Waals surface area contributed by atoms with Gasteiger partial charge in [0.05, 0.1) is 6.61 Å². The minimum atomic E-state index is -0.359. The Morgan fingerprint density at radius 1 is 1.27 bits per heavy atom. The number of hydrogen-bond acceptors (Lipinski definition) is 3. The van der Waals surface area contributed by atoms with Gasteiger partial charge in [0.1, 0.15) is 17.3 Å². The van der Waals surface area contributed by atoms with Crippen molar-refractivity contribution in [3.63, 3.8) is 0 Å². The van der Waals surface area contributed by atoms with Gasteiger partial charge in [-0.15, -0.1) is 0 Å². The number of para-hydroxylation sites is 1. The zero-order valence-corrected chi connectivity index (χ0v) is 12.6. The number of halogens is 1. The van der Waals surface area contributed by atoms with Crippen LogP contribution in [0.3, 0.4) is 0 Å². The van der Waals surface area contributed by atoms with Gasteiger partial charge in [0.2, 0.25) is 0 Å². The molecule has 114 valence electrons. The second-order valence-electron chi connectivity index (χ2n) is 5.54. The van der Waals surface area contributed by atoms with Gasteiger partial charge < -0.3 is 9.47 Å². The molecule has 1 atom stereocenters. The number of ether oxygens (including phenoxy) is 2. The quantitative estimate of drug-likeness (QED) is 0.680. The summed E-state index contributed by atoms with van der Waals surface area (Å²) in [5.41, 5.74) is 2.08. The number of esters is 1. The average Bonchev–Trinajstić information content (AvgIpc) is 2.51. The lowest BCUT2D eigenvalue weighted by atomic mass is 9.93. The zero-order valence-electron chi connectivity index (χ0n) is 12.6. The molecule has 0 aromatic heterocycles. The fraction of sp³-hybridized carbons (Fsp3) is 0.278. The zero-order chi connectivity index (χ0) is 15.7. The average molecular weight is 300 g/mol. The number of benzene rings is 2. The molecule has 1 aliphatic rings. The Morgan fingerprint density at radius 2 is 2.05 bits per heavy atom. The molecule has 2 aromatic carbocycles. The Kier molecular flexibility index (Phi) is 3.84. The summed E-state index contributed by atoms with van der Waals surface area (Å²) in [6, 6.07) is 11.1. The van der Waals surface area contributed by atoms with Gasteiger partial charge in [0, 0.05) is 24.8 Å². The molecular weight excluding hydrogens is 283 g/mol. The molecule has 1 unspecified atom stereocenters. The van der Waals surface area contributed by atoms with Gasteiger partial charge in [-0.2, -0.15) is 0 Å². The lowest BCUT2D eigenvalue weighted by molar-refractivity contribution is -0.141. The highest BCUT2D eigenvalue weighted by atomic mass is 19.1. The summed E-state index contributed by atoms with van der Waals surface area (Å²) in [4.78, 5) is 10.9. The third kappa shape index (κ3) is 2.69. The summed E-state index contributed by atoms with van der Waals surface area (Å²) in [5.74, 6) is 0.496. The number of hydrogen-bond donors (Lipinski definition) is 0. The second kappa shape index (κ2) is 5.79. The Balaban J connectivity index is 1.90. The van der Waals surface area contributed by atoms with Gasteiger partial charge >= 0.3 is 5.97 Å². The van der Waals surface area contributed by atoms with E-state index in [0.29, 0.717) is 23.3 Å². The molecule has 1 aliphatic heterocycles. The SMILES string of the molecule is CC(=O)OCC(C)c1ccc2c(c1F)Cc1ccccc1O2. The van der Waals surface area contributed by atoms with Crippen LogP contribution in [0.15, 0.2) is 36.4 Å². The maximum Gasteiger partial charge on any atom is 0.302 e. The molecule has 0 aliphatic carbocycles. The molecule has 0 N–H and O–H groups in total. The van der Waals surface area contributed by atoms with E-state index < -0.39 is 0 Å². The van der Waals surface area contributed by atoms with Crippen LogP contribution in [0, 0.1) is 5.82 Å². The van der Waals surface area contributed by atoms with Crippen molar-refractivity contribution in [3.8, 4) is 11.5 Å². The minimum Gasteiger partial charge on any atom is -0.465 e. The Hall–Kier alpha value is -2.36. The fourth-order valence-electron chi connectivity index (χ4n) is 2.65. The molecule has 1 heterocycles. The monoisotopic (exact) mass is 300 g/mol. The number of rotatable bonds is 3. The van der Waals surface area contributed by atoms with Crippen LogP contribution in [0.2, 0.25) is 0 Å². The van der Waals surface area contributed by atoms with Crippen molar-refractivity contribution in [1.29, 1.82) is 0 Å². The van der Waals surface area contributed by atoms with Gasteiger partial charge in [-0.1, -0.05) is 31.2 Å². The van der Waals surface area contributed by atoms with Crippen LogP contribution in [0.25, 0.3) is 0 Å². The number of carbonyl (C=O) groups excluding carboxylic acids is 1. The molecule has 0 saturated heterocycles. The smallest absolute Gasteiger partial charge is 0.302 e. The maximum atomic E-state index is 14.8. The number of fused-ring (bicyclic) bond motifs is 2. The summed E-state index contributed by atoms with van der Waals surface area (Å²) < 4.78 is 25.5. The maximum absolute atomic E-state index is 14.8. The predicted molar refractivity (Wildman–Crippen MR) is 80.8 cm³/mol. The van der Waals surface area contributed by atoms with E-state index in [1.807, 2.05) is 31.2 Å². The molecule has 0 spiro atoms. The van der Waals surface area contributed by atoms with E-state index in [2.05, 4.69) is 0 Å². The van der Waals surface area contributed by atoms with Crippen LogP contribution in [0.1, 0.15) is 36.5 Å². The highest BCUT2D eigenvalue weighted by molar-refractivity contribution is 5.66. The van der Waals surface area contributed by atoms with Crippen molar-refractivity contribution in [2.45, 2.75) is 26.2 Å². The van der Waals surface area contributed by atoms with E-state index in [1.54, 1.807) is 12.1 Å². The molecule has 0 radical (unpaired) electrons. The molecule has 2 aromatic rings.